The molecule has 0 N–H and O–H groups in total. The third-order valence-electron chi connectivity index (χ3n) is 7.37. The molecule has 4 rings (SSSR count). The maximum Gasteiger partial charge on any atom is 0.147 e. The molecule has 1 aliphatic rings. The zero-order valence-corrected chi connectivity index (χ0v) is 23.8. The van der Waals surface area contributed by atoms with Crippen LogP contribution < -0.4 is 21.2 Å². The molecule has 0 bridgehead atoms. The fraction of sp³-hybridized carbons (Fsp3) is 0.367. The number of aryl methyl sites for hydroxylation is 2. The highest BCUT2D eigenvalue weighted by atomic mass is 79.9. The van der Waals surface area contributed by atoms with E-state index in [2.05, 4.69) is 63.3 Å². The summed E-state index contributed by atoms with van der Waals surface area (Å²) >= 11 is 0. The summed E-state index contributed by atoms with van der Waals surface area (Å²) in [4.78, 5) is 0.617. The number of hydrogen-bond donors (Lipinski definition) is 0. The predicted molar refractivity (Wildman–Crippen MR) is 144 cm³/mol. The maximum absolute atomic E-state index is 13.6. The molecule has 1 aliphatic heterocycles. The van der Waals surface area contributed by atoms with Gasteiger partial charge < -0.3 is 25.6 Å². The number of halogens is 1. The van der Waals surface area contributed by atoms with Gasteiger partial charge in [0.25, 0.3) is 0 Å². The lowest BCUT2D eigenvalue weighted by atomic mass is 9.82. The lowest BCUT2D eigenvalue weighted by Crippen LogP contribution is -3.00. The van der Waals surface area contributed by atoms with Crippen molar-refractivity contribution >= 4 is 15.7 Å². The highest BCUT2D eigenvalue weighted by Gasteiger charge is 2.35. The normalized spacial score (nSPS) is 19.7. The summed E-state index contributed by atoms with van der Waals surface area (Å²) in [5.74, 6) is 4.83. The molecule has 3 unspecified atom stereocenters. The molecule has 1 fully saturated rings. The van der Waals surface area contributed by atoms with E-state index in [0.29, 0.717) is 16.7 Å². The van der Waals surface area contributed by atoms with Gasteiger partial charge in [-0.3, -0.25) is 0 Å². The zero-order valence-electron chi connectivity index (χ0n) is 21.4. The minimum atomic E-state index is -2.94. The van der Waals surface area contributed by atoms with Crippen LogP contribution in [0.25, 0.3) is 0 Å². The van der Waals surface area contributed by atoms with Crippen LogP contribution in [0.15, 0.2) is 77.7 Å². The first-order valence-electron chi connectivity index (χ1n) is 12.3. The first kappa shape index (κ1) is 27.5. The molecule has 0 radical (unpaired) electrons. The van der Waals surface area contributed by atoms with E-state index in [-0.39, 0.29) is 22.9 Å². The van der Waals surface area contributed by atoms with E-state index in [1.54, 1.807) is 0 Å². The van der Waals surface area contributed by atoms with E-state index in [1.165, 1.54) is 36.9 Å². The molecule has 0 aromatic heterocycles. The predicted octanol–water partition coefficient (Wildman–Crippen LogP) is 3.53. The zero-order chi connectivity index (χ0) is 24.3. The van der Waals surface area contributed by atoms with Crippen LogP contribution in [0.2, 0.25) is 0 Å². The number of quaternary nitrogens is 1. The van der Waals surface area contributed by atoms with Crippen molar-refractivity contribution in [3.8, 4) is 5.75 Å². The van der Waals surface area contributed by atoms with Crippen LogP contribution in [-0.4, -0.2) is 41.2 Å². The molecule has 1 heterocycles. The van der Waals surface area contributed by atoms with Crippen molar-refractivity contribution in [1.82, 2.24) is 0 Å². The van der Waals surface area contributed by atoms with E-state index in [4.69, 9.17) is 4.18 Å². The summed E-state index contributed by atoms with van der Waals surface area (Å²) in [6.07, 6.45) is 4.83. The third kappa shape index (κ3) is 6.58. The molecule has 3 aromatic rings. The molecule has 1 saturated heterocycles. The van der Waals surface area contributed by atoms with E-state index in [9.17, 15) is 4.21 Å². The average Bonchev–Trinajstić information content (AvgIpc) is 2.80. The molecular weight excluding hydrogens is 518 g/mol. The number of rotatable bonds is 7. The second-order valence-electron chi connectivity index (χ2n) is 10.4. The lowest BCUT2D eigenvalue weighted by molar-refractivity contribution is -0.920. The van der Waals surface area contributed by atoms with Gasteiger partial charge in [-0.15, -0.1) is 0 Å². The fourth-order valence-corrected chi connectivity index (χ4v) is 6.28. The van der Waals surface area contributed by atoms with Crippen molar-refractivity contribution in [2.75, 3.05) is 20.6 Å². The summed E-state index contributed by atoms with van der Waals surface area (Å²) < 4.78 is 20.9. The van der Waals surface area contributed by atoms with Gasteiger partial charge in [-0.25, -0.2) is 4.21 Å². The molecule has 3 nitrogen and oxygen atoms in total. The SMILES string of the molecule is C=S(=O)(Oc1ccc(C)cc1C(CC1CCCC[N+]1(C)C)c1ccccc1)c1ccc(C)cc1.[Br-]. The van der Waals surface area contributed by atoms with Crippen LogP contribution in [0.3, 0.4) is 0 Å². The van der Waals surface area contributed by atoms with Crippen LogP contribution in [0.5, 0.6) is 5.75 Å². The summed E-state index contributed by atoms with van der Waals surface area (Å²) in [5.41, 5.74) is 4.66. The minimum Gasteiger partial charge on any atom is -1.00 e. The third-order valence-corrected chi connectivity index (χ3v) is 8.80. The Bertz CT molecular complexity index is 1220. The van der Waals surface area contributed by atoms with Crippen LogP contribution in [0.4, 0.5) is 0 Å². The number of hydrogen-bond acceptors (Lipinski definition) is 2. The topological polar surface area (TPSA) is 26.3 Å². The van der Waals surface area contributed by atoms with Crippen LogP contribution in [0.1, 0.15) is 53.9 Å². The van der Waals surface area contributed by atoms with Gasteiger partial charge in [0.05, 0.1) is 31.6 Å². The lowest BCUT2D eigenvalue weighted by Gasteiger charge is -2.43. The molecule has 188 valence electrons. The molecule has 3 aromatic carbocycles. The van der Waals surface area contributed by atoms with Crippen molar-refractivity contribution in [3.63, 3.8) is 0 Å². The summed E-state index contributed by atoms with van der Waals surface area (Å²) in [5, 5.41) is 0. The Kier molecular flexibility index (Phi) is 8.90. The first-order chi connectivity index (χ1) is 16.2. The van der Waals surface area contributed by atoms with Crippen molar-refractivity contribution in [1.29, 1.82) is 0 Å². The highest BCUT2D eigenvalue weighted by Crippen LogP contribution is 2.40. The number of nitrogens with zero attached hydrogens (tertiary/aromatic N) is 1. The number of benzene rings is 3. The van der Waals surface area contributed by atoms with Gasteiger partial charge in [0.1, 0.15) is 15.6 Å². The number of likely N-dealkylation sites (tertiary alicyclic amines) is 1. The van der Waals surface area contributed by atoms with Crippen LogP contribution >= 0.6 is 0 Å². The Labute approximate surface area is 222 Å². The number of piperidine rings is 1. The highest BCUT2D eigenvalue weighted by molar-refractivity contribution is 7.96. The van der Waals surface area contributed by atoms with Gasteiger partial charge in [0.2, 0.25) is 0 Å². The molecule has 0 spiro atoms. The van der Waals surface area contributed by atoms with E-state index in [1.807, 2.05) is 43.3 Å². The van der Waals surface area contributed by atoms with Gasteiger partial charge in [0.15, 0.2) is 0 Å². The Hall–Kier alpha value is -2.08. The standard InChI is InChI=1S/C30H38NO2S.BrH/c1-23-14-17-27(18-15-23)34(5,32)33-30-19-16-24(2)21-29(30)28(25-11-7-6-8-12-25)22-26-13-9-10-20-31(26,3)4;/h6-8,11-12,14-19,21,26,28H,5,9-10,13,20,22H2,1-4H3;1H/q+1;/p-1. The Morgan fingerprint density at radius 1 is 0.971 bits per heavy atom. The second kappa shape index (κ2) is 11.3. The smallest absolute Gasteiger partial charge is 0.147 e. The van der Waals surface area contributed by atoms with E-state index < -0.39 is 9.80 Å². The molecule has 0 saturated carbocycles. The Morgan fingerprint density at radius 3 is 2.29 bits per heavy atom. The maximum atomic E-state index is 13.6. The van der Waals surface area contributed by atoms with Crippen molar-refractivity contribution in [3.05, 3.63) is 95.1 Å². The summed E-state index contributed by atoms with van der Waals surface area (Å²) in [6, 6.07) is 25.1. The quantitative estimate of drug-likeness (QED) is 0.329. The summed E-state index contributed by atoms with van der Waals surface area (Å²) in [7, 11) is 1.78. The summed E-state index contributed by atoms with van der Waals surface area (Å²) in [6.45, 7) is 5.34. The van der Waals surface area contributed by atoms with Crippen LogP contribution in [-0.2, 0) is 9.80 Å². The Balaban J connectivity index is 0.00000342. The van der Waals surface area contributed by atoms with Crippen molar-refractivity contribution in [2.45, 2.75) is 56.4 Å². The second-order valence-corrected chi connectivity index (χ2v) is 12.3. The van der Waals surface area contributed by atoms with Crippen molar-refractivity contribution in [2.24, 2.45) is 0 Å². The average molecular weight is 557 g/mol. The van der Waals surface area contributed by atoms with Gasteiger partial charge >= 0.3 is 0 Å². The molecule has 35 heavy (non-hydrogen) atoms. The largest absolute Gasteiger partial charge is 1.00 e. The van der Waals surface area contributed by atoms with Gasteiger partial charge in [-0.1, -0.05) is 65.7 Å². The van der Waals surface area contributed by atoms with Crippen LogP contribution in [0, 0.1) is 13.8 Å². The molecule has 0 amide bonds. The fourth-order valence-electron chi connectivity index (χ4n) is 5.19. The first-order valence-corrected chi connectivity index (χ1v) is 13.9. The van der Waals surface area contributed by atoms with Gasteiger partial charge in [-0.05, 0) is 62.7 Å². The van der Waals surface area contributed by atoms with Gasteiger partial charge in [-0.2, -0.15) is 0 Å². The van der Waals surface area contributed by atoms with E-state index >= 15 is 0 Å². The minimum absolute atomic E-state index is 0. The molecule has 5 heteroatoms. The van der Waals surface area contributed by atoms with E-state index in [0.717, 1.165) is 22.0 Å². The molecular formula is C30H38BrNO2S. The molecule has 3 atom stereocenters. The van der Waals surface area contributed by atoms with Crippen molar-refractivity contribution < 1.29 is 29.9 Å². The van der Waals surface area contributed by atoms with Gasteiger partial charge in [0, 0.05) is 17.9 Å². The molecule has 0 aliphatic carbocycles. The monoisotopic (exact) mass is 555 g/mol. The Morgan fingerprint density at radius 2 is 1.63 bits per heavy atom.